The highest BCUT2D eigenvalue weighted by atomic mass is 16.2. The van der Waals surface area contributed by atoms with Crippen molar-refractivity contribution in [2.24, 2.45) is 0 Å². The van der Waals surface area contributed by atoms with E-state index in [4.69, 9.17) is 6.42 Å². The van der Waals surface area contributed by atoms with Crippen molar-refractivity contribution in [2.45, 2.75) is 12.8 Å². The third-order valence-electron chi connectivity index (χ3n) is 0.465. The molecule has 34 valence electrons. The summed E-state index contributed by atoms with van der Waals surface area (Å²) in [6.07, 6.45) is 6.08. The summed E-state index contributed by atoms with van der Waals surface area (Å²) in [6, 6.07) is 0. The van der Waals surface area contributed by atoms with Gasteiger partial charge in [-0.05, 0) is 0 Å². The lowest BCUT2D eigenvalue weighted by atomic mass is 10.3. The molecular weight excluding hydrogens is 76.1 g/mol. The molecule has 0 amide bonds. The fourth-order valence-electron chi connectivity index (χ4n) is 0.174. The van der Waals surface area contributed by atoms with Crippen LogP contribution in [0, 0.1) is 12.3 Å². The molecule has 0 aliphatic rings. The number of hydrogen-bond donors (Lipinski definition) is 0. The molecule has 0 bridgehead atoms. The summed E-state index contributed by atoms with van der Waals surface area (Å²) in [7, 11) is 0. The van der Waals surface area contributed by atoms with Crippen LogP contribution in [0.15, 0.2) is 0 Å². The molecule has 0 saturated heterocycles. The van der Waals surface area contributed by atoms with E-state index < -0.39 is 0 Å². The number of terminal acetylenes is 1. The lowest BCUT2D eigenvalue weighted by Crippen LogP contribution is -2.03. The second-order valence-electron chi connectivity index (χ2n) is 1.01. The van der Waals surface area contributed by atoms with Crippen molar-refractivity contribution < 1.29 is 5.11 Å². The molecule has 0 unspecified atom stereocenters. The van der Waals surface area contributed by atoms with Gasteiger partial charge < -0.3 is 5.11 Å². The van der Waals surface area contributed by atoms with Crippen LogP contribution in [0.1, 0.15) is 12.8 Å². The number of unbranched alkanes of at least 4 members (excludes halogenated alkanes) is 1. The monoisotopic (exact) mass is 83.1 g/mol. The Labute approximate surface area is 38.0 Å². The minimum atomic E-state index is -0.0375. The lowest BCUT2D eigenvalue weighted by Gasteiger charge is -1.94. The minimum absolute atomic E-state index is 0.0375. The Balaban J connectivity index is 2.54. The summed E-state index contributed by atoms with van der Waals surface area (Å²) < 4.78 is 0. The smallest absolute Gasteiger partial charge is 0.00732 e. The summed E-state index contributed by atoms with van der Waals surface area (Å²) in [4.78, 5) is 0. The Bertz CT molecular complexity index is 51.4. The van der Waals surface area contributed by atoms with E-state index in [1.54, 1.807) is 0 Å². The fourth-order valence-corrected chi connectivity index (χ4v) is 0.174. The predicted octanol–water partition coefficient (Wildman–Crippen LogP) is -0.240. The molecule has 0 spiro atoms. The fraction of sp³-hybridized carbons (Fsp3) is 0.600. The third-order valence-corrected chi connectivity index (χ3v) is 0.465. The maximum atomic E-state index is 9.59. The second kappa shape index (κ2) is 4.52. The first-order valence-electron chi connectivity index (χ1n) is 1.93. The molecule has 0 atom stereocenters. The molecule has 0 fully saturated rings. The Morgan fingerprint density at radius 1 is 1.67 bits per heavy atom. The first-order valence-corrected chi connectivity index (χ1v) is 1.93. The van der Waals surface area contributed by atoms with Crippen molar-refractivity contribution >= 4 is 0 Å². The van der Waals surface area contributed by atoms with Gasteiger partial charge in [0.15, 0.2) is 0 Å². The standard InChI is InChI=1S/C5H7O/c1-2-3-4-5-6/h1H,3-5H2/q-1. The summed E-state index contributed by atoms with van der Waals surface area (Å²) in [5, 5.41) is 9.59. The van der Waals surface area contributed by atoms with Crippen molar-refractivity contribution in [1.82, 2.24) is 0 Å². The number of rotatable bonds is 2. The second-order valence-corrected chi connectivity index (χ2v) is 1.01. The third kappa shape index (κ3) is 3.52. The first kappa shape index (κ1) is 5.52. The molecule has 1 heteroatoms. The molecule has 0 aromatic carbocycles. The van der Waals surface area contributed by atoms with Crippen LogP contribution in [0.2, 0.25) is 0 Å². The Hall–Kier alpha value is -0.480. The Morgan fingerprint density at radius 2 is 2.33 bits per heavy atom. The van der Waals surface area contributed by atoms with E-state index in [0.29, 0.717) is 12.8 Å². The summed E-state index contributed by atoms with van der Waals surface area (Å²) >= 11 is 0. The average Bonchev–Trinajstić information content (AvgIpc) is 1.61. The SMILES string of the molecule is C#CCCC[O-]. The first-order chi connectivity index (χ1) is 2.91. The largest absolute Gasteiger partial charge is 0.854 e. The van der Waals surface area contributed by atoms with Crippen molar-refractivity contribution in [3.8, 4) is 12.3 Å². The summed E-state index contributed by atoms with van der Waals surface area (Å²) in [5.41, 5.74) is 0. The highest BCUT2D eigenvalue weighted by Gasteiger charge is 1.65. The van der Waals surface area contributed by atoms with E-state index in [-0.39, 0.29) is 6.61 Å². The van der Waals surface area contributed by atoms with E-state index >= 15 is 0 Å². The minimum Gasteiger partial charge on any atom is -0.854 e. The number of hydrogen-bond acceptors (Lipinski definition) is 1. The van der Waals surface area contributed by atoms with Crippen LogP contribution < -0.4 is 5.11 Å². The van der Waals surface area contributed by atoms with E-state index in [2.05, 4.69) is 5.92 Å². The molecule has 6 heavy (non-hydrogen) atoms. The van der Waals surface area contributed by atoms with Crippen molar-refractivity contribution in [1.29, 1.82) is 0 Å². The quantitative estimate of drug-likeness (QED) is 0.334. The van der Waals surface area contributed by atoms with Gasteiger partial charge in [0.25, 0.3) is 0 Å². The Morgan fingerprint density at radius 3 is 2.50 bits per heavy atom. The van der Waals surface area contributed by atoms with Crippen LogP contribution >= 0.6 is 0 Å². The molecule has 0 N–H and O–H groups in total. The van der Waals surface area contributed by atoms with Gasteiger partial charge in [0.2, 0.25) is 0 Å². The van der Waals surface area contributed by atoms with Gasteiger partial charge in [0.1, 0.15) is 0 Å². The zero-order valence-corrected chi connectivity index (χ0v) is 3.61. The molecule has 0 rings (SSSR count). The van der Waals surface area contributed by atoms with Crippen molar-refractivity contribution in [2.75, 3.05) is 6.61 Å². The molecule has 0 radical (unpaired) electrons. The van der Waals surface area contributed by atoms with Gasteiger partial charge in [-0.15, -0.1) is 19.0 Å². The molecule has 0 aliphatic heterocycles. The molecular formula is C5H7O-. The van der Waals surface area contributed by atoms with Crippen LogP contribution in [0.4, 0.5) is 0 Å². The van der Waals surface area contributed by atoms with Gasteiger partial charge in [0, 0.05) is 6.42 Å². The van der Waals surface area contributed by atoms with Crippen molar-refractivity contribution in [3.05, 3.63) is 0 Å². The van der Waals surface area contributed by atoms with Crippen LogP contribution in [-0.2, 0) is 0 Å². The molecule has 0 aromatic heterocycles. The van der Waals surface area contributed by atoms with E-state index in [1.807, 2.05) is 0 Å². The van der Waals surface area contributed by atoms with Gasteiger partial charge >= 0.3 is 0 Å². The maximum Gasteiger partial charge on any atom is 0.00732 e. The predicted molar refractivity (Wildman–Crippen MR) is 22.9 cm³/mol. The zero-order valence-electron chi connectivity index (χ0n) is 3.61. The van der Waals surface area contributed by atoms with Gasteiger partial charge in [-0.25, -0.2) is 0 Å². The van der Waals surface area contributed by atoms with Gasteiger partial charge in [-0.2, -0.15) is 0 Å². The highest BCUT2D eigenvalue weighted by Crippen LogP contribution is 1.77. The van der Waals surface area contributed by atoms with Crippen molar-refractivity contribution in [3.63, 3.8) is 0 Å². The van der Waals surface area contributed by atoms with E-state index in [1.165, 1.54) is 0 Å². The Kier molecular flexibility index (Phi) is 4.16. The molecule has 0 saturated carbocycles. The molecule has 0 aromatic rings. The highest BCUT2D eigenvalue weighted by molar-refractivity contribution is 4.82. The van der Waals surface area contributed by atoms with Crippen LogP contribution in [0.25, 0.3) is 0 Å². The zero-order chi connectivity index (χ0) is 4.83. The average molecular weight is 83.1 g/mol. The topological polar surface area (TPSA) is 23.1 Å². The van der Waals surface area contributed by atoms with Crippen LogP contribution in [0.5, 0.6) is 0 Å². The van der Waals surface area contributed by atoms with Gasteiger partial charge in [0.05, 0.1) is 0 Å². The maximum absolute atomic E-state index is 9.59. The molecule has 0 heterocycles. The normalized spacial score (nSPS) is 7.33. The van der Waals surface area contributed by atoms with Gasteiger partial charge in [-0.1, -0.05) is 6.42 Å². The summed E-state index contributed by atoms with van der Waals surface area (Å²) in [6.45, 7) is -0.0375. The van der Waals surface area contributed by atoms with Crippen LogP contribution in [-0.4, -0.2) is 6.61 Å². The summed E-state index contributed by atoms with van der Waals surface area (Å²) in [5.74, 6) is 2.37. The molecule has 1 nitrogen and oxygen atoms in total. The van der Waals surface area contributed by atoms with Crippen LogP contribution in [0.3, 0.4) is 0 Å². The molecule has 0 aliphatic carbocycles. The van der Waals surface area contributed by atoms with Gasteiger partial charge in [-0.3, -0.25) is 0 Å². The van der Waals surface area contributed by atoms with E-state index in [9.17, 15) is 5.11 Å². The van der Waals surface area contributed by atoms with E-state index in [0.717, 1.165) is 0 Å². The lowest BCUT2D eigenvalue weighted by molar-refractivity contribution is -0.368.